The molecule has 7 heteroatoms. The van der Waals surface area contributed by atoms with Crippen molar-refractivity contribution in [3.05, 3.63) is 0 Å². The van der Waals surface area contributed by atoms with Crippen molar-refractivity contribution >= 4 is 10.2 Å². The smallest absolute Gasteiger partial charge is 0.282 e. The van der Waals surface area contributed by atoms with Gasteiger partial charge in [-0.15, -0.1) is 0 Å². The molecule has 0 radical (unpaired) electrons. The number of hydrogen-bond donors (Lipinski definition) is 1. The van der Waals surface area contributed by atoms with Gasteiger partial charge in [-0.25, -0.2) is 0 Å². The topological polar surface area (TPSA) is 70.1 Å². The SMILES string of the molecule is COCCN(C(C)C1CC1)S(=O)(=O)N1CCCC(CO)C1. The normalized spacial score (nSPS) is 26.2. The van der Waals surface area contributed by atoms with Crippen LogP contribution in [0.15, 0.2) is 0 Å². The van der Waals surface area contributed by atoms with Gasteiger partial charge in [0, 0.05) is 39.4 Å². The second kappa shape index (κ2) is 7.37. The van der Waals surface area contributed by atoms with Crippen molar-refractivity contribution in [3.63, 3.8) is 0 Å². The van der Waals surface area contributed by atoms with Gasteiger partial charge in [-0.05, 0) is 44.4 Å². The van der Waals surface area contributed by atoms with Crippen molar-refractivity contribution in [3.8, 4) is 0 Å². The van der Waals surface area contributed by atoms with Crippen LogP contribution in [0, 0.1) is 11.8 Å². The van der Waals surface area contributed by atoms with Gasteiger partial charge in [0.2, 0.25) is 0 Å². The van der Waals surface area contributed by atoms with Crippen LogP contribution in [-0.2, 0) is 14.9 Å². The molecule has 1 saturated carbocycles. The molecule has 21 heavy (non-hydrogen) atoms. The average Bonchev–Trinajstić information content (AvgIpc) is 3.32. The van der Waals surface area contributed by atoms with E-state index in [9.17, 15) is 13.5 Å². The predicted molar refractivity (Wildman–Crippen MR) is 81.1 cm³/mol. The molecule has 2 aliphatic rings. The molecule has 1 heterocycles. The van der Waals surface area contributed by atoms with Crippen LogP contribution < -0.4 is 0 Å². The lowest BCUT2D eigenvalue weighted by Crippen LogP contribution is -2.52. The summed E-state index contributed by atoms with van der Waals surface area (Å²) in [5.41, 5.74) is 0. The summed E-state index contributed by atoms with van der Waals surface area (Å²) in [6.07, 6.45) is 3.94. The van der Waals surface area contributed by atoms with Gasteiger partial charge in [0.25, 0.3) is 10.2 Å². The Morgan fingerprint density at radius 3 is 2.67 bits per heavy atom. The first kappa shape index (κ1) is 17.1. The third kappa shape index (κ3) is 4.16. The Balaban J connectivity index is 2.11. The van der Waals surface area contributed by atoms with Crippen LogP contribution in [0.1, 0.15) is 32.6 Å². The Hall–Kier alpha value is -0.210. The number of hydrogen-bond acceptors (Lipinski definition) is 4. The molecule has 124 valence electrons. The molecule has 2 rings (SSSR count). The summed E-state index contributed by atoms with van der Waals surface area (Å²) in [4.78, 5) is 0. The Kier molecular flexibility index (Phi) is 6.02. The van der Waals surface area contributed by atoms with Crippen LogP contribution in [-0.4, -0.2) is 68.1 Å². The van der Waals surface area contributed by atoms with Gasteiger partial charge in [0.15, 0.2) is 0 Å². The zero-order valence-electron chi connectivity index (χ0n) is 13.1. The maximum Gasteiger partial charge on any atom is 0.282 e. The van der Waals surface area contributed by atoms with E-state index in [2.05, 4.69) is 0 Å². The molecule has 1 aliphatic carbocycles. The largest absolute Gasteiger partial charge is 0.396 e. The Labute approximate surface area is 128 Å². The molecule has 1 N–H and O–H groups in total. The predicted octanol–water partition coefficient (Wildman–Crippen LogP) is 0.682. The monoisotopic (exact) mass is 320 g/mol. The second-order valence-electron chi connectivity index (χ2n) is 6.24. The first-order valence-electron chi connectivity index (χ1n) is 7.87. The van der Waals surface area contributed by atoms with E-state index in [-0.39, 0.29) is 18.6 Å². The van der Waals surface area contributed by atoms with Crippen molar-refractivity contribution in [1.29, 1.82) is 0 Å². The highest BCUT2D eigenvalue weighted by Gasteiger charge is 2.41. The van der Waals surface area contributed by atoms with Gasteiger partial charge in [0.1, 0.15) is 0 Å². The molecule has 0 aromatic heterocycles. The number of piperidine rings is 1. The van der Waals surface area contributed by atoms with Gasteiger partial charge >= 0.3 is 0 Å². The number of nitrogens with zero attached hydrogens (tertiary/aromatic N) is 2. The van der Waals surface area contributed by atoms with E-state index in [1.807, 2.05) is 6.92 Å². The fraction of sp³-hybridized carbons (Fsp3) is 1.00. The molecule has 6 nitrogen and oxygen atoms in total. The lowest BCUT2D eigenvalue weighted by molar-refractivity contribution is 0.143. The van der Waals surface area contributed by atoms with Gasteiger partial charge in [-0.2, -0.15) is 17.0 Å². The van der Waals surface area contributed by atoms with Crippen LogP contribution in [0.4, 0.5) is 0 Å². The summed E-state index contributed by atoms with van der Waals surface area (Å²) >= 11 is 0. The number of ether oxygens (including phenoxy) is 1. The fourth-order valence-electron chi connectivity index (χ4n) is 3.06. The van der Waals surface area contributed by atoms with Gasteiger partial charge in [-0.1, -0.05) is 0 Å². The van der Waals surface area contributed by atoms with E-state index in [1.54, 1.807) is 15.7 Å². The molecule has 0 amide bonds. The summed E-state index contributed by atoms with van der Waals surface area (Å²) in [5.74, 6) is 0.545. The summed E-state index contributed by atoms with van der Waals surface area (Å²) in [6.45, 7) is 3.85. The molecule has 2 fully saturated rings. The highest BCUT2D eigenvalue weighted by atomic mass is 32.2. The zero-order valence-corrected chi connectivity index (χ0v) is 13.9. The quantitative estimate of drug-likeness (QED) is 0.714. The molecular weight excluding hydrogens is 292 g/mol. The molecule has 2 atom stereocenters. The minimum absolute atomic E-state index is 0.0275. The van der Waals surface area contributed by atoms with Gasteiger partial charge in [-0.3, -0.25) is 0 Å². The first-order chi connectivity index (χ1) is 10.0. The maximum absolute atomic E-state index is 12.9. The van der Waals surface area contributed by atoms with Crippen LogP contribution in [0.25, 0.3) is 0 Å². The lowest BCUT2D eigenvalue weighted by atomic mass is 10.0. The van der Waals surface area contributed by atoms with Crippen molar-refractivity contribution in [2.24, 2.45) is 11.8 Å². The molecular formula is C14H28N2O4S. The maximum atomic E-state index is 12.9. The van der Waals surface area contributed by atoms with Crippen molar-refractivity contribution < 1.29 is 18.3 Å². The molecule has 1 aliphatic heterocycles. The number of rotatable bonds is 8. The summed E-state index contributed by atoms with van der Waals surface area (Å²) in [7, 11) is -1.88. The fourth-order valence-corrected chi connectivity index (χ4v) is 5.01. The van der Waals surface area contributed by atoms with E-state index in [0.717, 1.165) is 25.7 Å². The van der Waals surface area contributed by atoms with Crippen molar-refractivity contribution in [2.45, 2.75) is 38.6 Å². The Bertz CT molecular complexity index is 425. The van der Waals surface area contributed by atoms with Crippen molar-refractivity contribution in [2.75, 3.05) is 40.0 Å². The summed E-state index contributed by atoms with van der Waals surface area (Å²) in [6, 6.07) is 0.0275. The zero-order chi connectivity index (χ0) is 15.5. The highest BCUT2D eigenvalue weighted by molar-refractivity contribution is 7.86. The Morgan fingerprint density at radius 2 is 2.10 bits per heavy atom. The third-order valence-electron chi connectivity index (χ3n) is 4.64. The minimum atomic E-state index is -3.47. The molecule has 2 unspecified atom stereocenters. The van der Waals surface area contributed by atoms with Crippen LogP contribution >= 0.6 is 0 Å². The molecule has 0 aromatic carbocycles. The molecule has 0 aromatic rings. The number of methoxy groups -OCH3 is 1. The van der Waals surface area contributed by atoms with E-state index in [1.165, 1.54) is 0 Å². The average molecular weight is 320 g/mol. The summed E-state index contributed by atoms with van der Waals surface area (Å²) in [5, 5.41) is 9.31. The highest BCUT2D eigenvalue weighted by Crippen LogP contribution is 2.36. The Morgan fingerprint density at radius 1 is 1.38 bits per heavy atom. The number of aliphatic hydroxyl groups is 1. The van der Waals surface area contributed by atoms with Crippen LogP contribution in [0.3, 0.4) is 0 Å². The number of aliphatic hydroxyl groups excluding tert-OH is 1. The minimum Gasteiger partial charge on any atom is -0.396 e. The van der Waals surface area contributed by atoms with E-state index >= 15 is 0 Å². The standard InChI is InChI=1S/C14H28N2O4S/c1-12(14-5-6-14)16(8-9-20-2)21(18,19)15-7-3-4-13(10-15)11-17/h12-14,17H,3-11H2,1-2H3. The van der Waals surface area contributed by atoms with Gasteiger partial charge < -0.3 is 9.84 Å². The molecule has 0 spiro atoms. The van der Waals surface area contributed by atoms with Crippen molar-refractivity contribution in [1.82, 2.24) is 8.61 Å². The van der Waals surface area contributed by atoms with Crippen LogP contribution in [0.2, 0.25) is 0 Å². The third-order valence-corrected chi connectivity index (χ3v) is 6.73. The van der Waals surface area contributed by atoms with Gasteiger partial charge in [0.05, 0.1) is 6.61 Å². The summed E-state index contributed by atoms with van der Waals surface area (Å²) < 4.78 is 34.1. The van der Waals surface area contributed by atoms with E-state index < -0.39 is 10.2 Å². The van der Waals surface area contributed by atoms with Crippen LogP contribution in [0.5, 0.6) is 0 Å². The second-order valence-corrected chi connectivity index (χ2v) is 8.12. The first-order valence-corrected chi connectivity index (χ1v) is 9.27. The lowest BCUT2D eigenvalue weighted by Gasteiger charge is -2.37. The molecule has 1 saturated heterocycles. The molecule has 0 bridgehead atoms. The van der Waals surface area contributed by atoms with E-state index in [0.29, 0.717) is 32.2 Å². The van der Waals surface area contributed by atoms with E-state index in [4.69, 9.17) is 4.74 Å².